The maximum Gasteiger partial charge on any atom is 0.244 e. The molecule has 192 valence electrons. The molecule has 0 saturated heterocycles. The lowest BCUT2D eigenvalue weighted by molar-refractivity contribution is -0.139. The molecule has 0 heterocycles. The van der Waals surface area contributed by atoms with E-state index in [-0.39, 0.29) is 24.2 Å². The van der Waals surface area contributed by atoms with E-state index >= 15 is 0 Å². The molecule has 0 aliphatic carbocycles. The Morgan fingerprint density at radius 1 is 1.03 bits per heavy atom. The SMILES string of the molecule is CCOc1ccccc1N(CC(=O)N(Cc1ccc(C)cc1)[C@H](C)C(=O)N[C@@H](C)CC)S(C)(=O)=O. The first-order chi connectivity index (χ1) is 16.5. The summed E-state index contributed by atoms with van der Waals surface area (Å²) in [6.45, 7) is 9.33. The fourth-order valence-corrected chi connectivity index (χ4v) is 4.33. The molecule has 0 saturated carbocycles. The number of aryl methyl sites for hydroxylation is 1. The number of anilines is 1. The van der Waals surface area contributed by atoms with Crippen LogP contribution in [0.15, 0.2) is 48.5 Å². The molecular formula is C26H37N3O5S. The van der Waals surface area contributed by atoms with Gasteiger partial charge in [-0.25, -0.2) is 8.42 Å². The van der Waals surface area contributed by atoms with Gasteiger partial charge in [0.05, 0.1) is 18.6 Å². The second kappa shape index (κ2) is 12.6. The van der Waals surface area contributed by atoms with Gasteiger partial charge in [0.15, 0.2) is 0 Å². The van der Waals surface area contributed by atoms with Gasteiger partial charge in [0.25, 0.3) is 0 Å². The maximum absolute atomic E-state index is 13.6. The van der Waals surface area contributed by atoms with Crippen LogP contribution in [0.3, 0.4) is 0 Å². The van der Waals surface area contributed by atoms with E-state index in [1.165, 1.54) is 4.90 Å². The quantitative estimate of drug-likeness (QED) is 0.478. The first-order valence-corrected chi connectivity index (χ1v) is 13.7. The van der Waals surface area contributed by atoms with E-state index in [0.29, 0.717) is 12.4 Å². The van der Waals surface area contributed by atoms with Gasteiger partial charge in [-0.05, 0) is 51.8 Å². The van der Waals surface area contributed by atoms with Crippen molar-refractivity contribution in [3.8, 4) is 5.75 Å². The van der Waals surface area contributed by atoms with Gasteiger partial charge in [-0.2, -0.15) is 0 Å². The van der Waals surface area contributed by atoms with Crippen LogP contribution in [0.25, 0.3) is 0 Å². The van der Waals surface area contributed by atoms with Crippen LogP contribution in [0.5, 0.6) is 5.75 Å². The number of hydrogen-bond acceptors (Lipinski definition) is 5. The van der Waals surface area contributed by atoms with Gasteiger partial charge in [-0.15, -0.1) is 0 Å². The molecule has 0 unspecified atom stereocenters. The molecule has 2 rings (SSSR count). The number of benzene rings is 2. The monoisotopic (exact) mass is 503 g/mol. The largest absolute Gasteiger partial charge is 0.492 e. The highest BCUT2D eigenvalue weighted by Crippen LogP contribution is 2.30. The van der Waals surface area contributed by atoms with Crippen LogP contribution in [0.2, 0.25) is 0 Å². The number of sulfonamides is 1. The van der Waals surface area contributed by atoms with Crippen molar-refractivity contribution in [2.45, 2.75) is 59.7 Å². The van der Waals surface area contributed by atoms with Crippen LogP contribution >= 0.6 is 0 Å². The first kappa shape index (κ1) is 28.2. The summed E-state index contributed by atoms with van der Waals surface area (Å²) in [5, 5.41) is 2.92. The minimum atomic E-state index is -3.83. The fraction of sp³-hybridized carbons (Fsp3) is 0.462. The summed E-state index contributed by atoms with van der Waals surface area (Å²) >= 11 is 0. The van der Waals surface area contributed by atoms with Gasteiger partial charge in [-0.1, -0.05) is 48.9 Å². The molecular weight excluding hydrogens is 466 g/mol. The molecule has 0 radical (unpaired) electrons. The van der Waals surface area contributed by atoms with Gasteiger partial charge in [0, 0.05) is 12.6 Å². The number of hydrogen-bond donors (Lipinski definition) is 1. The number of nitrogens with zero attached hydrogens (tertiary/aromatic N) is 2. The molecule has 2 aromatic rings. The molecule has 0 aliphatic heterocycles. The first-order valence-electron chi connectivity index (χ1n) is 11.8. The third kappa shape index (κ3) is 7.99. The zero-order valence-corrected chi connectivity index (χ0v) is 22.3. The molecule has 9 heteroatoms. The Bertz CT molecular complexity index is 1100. The van der Waals surface area contributed by atoms with E-state index in [9.17, 15) is 18.0 Å². The van der Waals surface area contributed by atoms with Gasteiger partial charge < -0.3 is 15.0 Å². The molecule has 8 nitrogen and oxygen atoms in total. The van der Waals surface area contributed by atoms with E-state index in [1.807, 2.05) is 45.0 Å². The molecule has 2 aromatic carbocycles. The Hall–Kier alpha value is -3.07. The maximum atomic E-state index is 13.6. The Morgan fingerprint density at radius 2 is 1.66 bits per heavy atom. The second-order valence-electron chi connectivity index (χ2n) is 8.67. The van der Waals surface area contributed by atoms with E-state index < -0.39 is 28.5 Å². The van der Waals surface area contributed by atoms with Gasteiger partial charge >= 0.3 is 0 Å². The number of amides is 2. The lowest BCUT2D eigenvalue weighted by atomic mass is 10.1. The molecule has 0 fully saturated rings. The van der Waals surface area contributed by atoms with Crippen molar-refractivity contribution in [2.75, 3.05) is 23.7 Å². The zero-order valence-electron chi connectivity index (χ0n) is 21.4. The normalized spacial score (nSPS) is 13.0. The number of para-hydroxylation sites is 2. The van der Waals surface area contributed by atoms with E-state index in [1.54, 1.807) is 38.1 Å². The molecule has 1 N–H and O–H groups in total. The minimum absolute atomic E-state index is 0.0492. The molecule has 0 bridgehead atoms. The molecule has 2 amide bonds. The van der Waals surface area contributed by atoms with Crippen molar-refractivity contribution in [2.24, 2.45) is 0 Å². The van der Waals surface area contributed by atoms with Crippen LogP contribution in [0, 0.1) is 6.92 Å². The summed E-state index contributed by atoms with van der Waals surface area (Å²) in [4.78, 5) is 28.0. The number of rotatable bonds is 12. The second-order valence-corrected chi connectivity index (χ2v) is 10.6. The van der Waals surface area contributed by atoms with Crippen molar-refractivity contribution in [1.29, 1.82) is 0 Å². The standard InChI is InChI=1S/C26H37N3O5S/c1-7-20(4)27-26(31)21(5)28(17-22-15-13-19(3)14-16-22)25(30)18-29(35(6,32)33)23-11-9-10-12-24(23)34-8-2/h9-16,20-21H,7-8,17-18H2,1-6H3,(H,27,31)/t20-,21+/m0/s1. The zero-order chi connectivity index (χ0) is 26.2. The lowest BCUT2D eigenvalue weighted by Gasteiger charge is -2.32. The summed E-state index contributed by atoms with van der Waals surface area (Å²) < 4.78 is 32.1. The number of carbonyl (C=O) groups is 2. The van der Waals surface area contributed by atoms with Gasteiger partial charge in [-0.3, -0.25) is 13.9 Å². The highest BCUT2D eigenvalue weighted by atomic mass is 32.2. The van der Waals surface area contributed by atoms with Crippen molar-refractivity contribution in [3.05, 3.63) is 59.7 Å². The summed E-state index contributed by atoms with van der Waals surface area (Å²) in [5.41, 5.74) is 2.19. The van der Waals surface area contributed by atoms with Crippen molar-refractivity contribution < 1.29 is 22.7 Å². The minimum Gasteiger partial charge on any atom is -0.492 e. The predicted octanol–water partition coefficient (Wildman–Crippen LogP) is 3.49. The smallest absolute Gasteiger partial charge is 0.244 e. The molecule has 0 spiro atoms. The van der Waals surface area contributed by atoms with Gasteiger partial charge in [0.2, 0.25) is 21.8 Å². The topological polar surface area (TPSA) is 96.0 Å². The number of ether oxygens (including phenoxy) is 1. The Kier molecular flexibility index (Phi) is 10.1. The third-order valence-corrected chi connectivity index (χ3v) is 6.88. The molecule has 35 heavy (non-hydrogen) atoms. The Morgan fingerprint density at radius 3 is 2.23 bits per heavy atom. The van der Waals surface area contributed by atoms with Crippen molar-refractivity contribution >= 4 is 27.5 Å². The average Bonchev–Trinajstić information content (AvgIpc) is 2.81. The Labute approximate surface area is 209 Å². The molecule has 0 aliphatic rings. The summed E-state index contributed by atoms with van der Waals surface area (Å²) in [7, 11) is -3.83. The van der Waals surface area contributed by atoms with Crippen molar-refractivity contribution in [1.82, 2.24) is 10.2 Å². The van der Waals surface area contributed by atoms with Crippen molar-refractivity contribution in [3.63, 3.8) is 0 Å². The highest BCUT2D eigenvalue weighted by Gasteiger charge is 2.31. The van der Waals surface area contributed by atoms with E-state index in [4.69, 9.17) is 4.74 Å². The molecule has 0 aromatic heterocycles. The highest BCUT2D eigenvalue weighted by molar-refractivity contribution is 7.92. The lowest BCUT2D eigenvalue weighted by Crippen LogP contribution is -2.52. The third-order valence-electron chi connectivity index (χ3n) is 5.75. The fourth-order valence-electron chi connectivity index (χ4n) is 3.47. The van der Waals surface area contributed by atoms with Crippen LogP contribution in [-0.2, 0) is 26.2 Å². The predicted molar refractivity (Wildman–Crippen MR) is 139 cm³/mol. The van der Waals surface area contributed by atoms with E-state index in [0.717, 1.165) is 28.1 Å². The number of nitrogens with one attached hydrogen (secondary N) is 1. The average molecular weight is 504 g/mol. The Balaban J connectivity index is 2.42. The summed E-state index contributed by atoms with van der Waals surface area (Å²) in [6.07, 6.45) is 1.80. The number of carbonyl (C=O) groups excluding carboxylic acids is 2. The molecule has 2 atom stereocenters. The van der Waals surface area contributed by atoms with Crippen LogP contribution < -0.4 is 14.4 Å². The van der Waals surface area contributed by atoms with Gasteiger partial charge in [0.1, 0.15) is 18.3 Å². The van der Waals surface area contributed by atoms with E-state index in [2.05, 4.69) is 5.32 Å². The van der Waals surface area contributed by atoms with Crippen LogP contribution in [-0.4, -0.2) is 56.6 Å². The summed E-state index contributed by atoms with van der Waals surface area (Å²) in [6, 6.07) is 13.5. The van der Waals surface area contributed by atoms with Crippen LogP contribution in [0.4, 0.5) is 5.69 Å². The van der Waals surface area contributed by atoms with Crippen LogP contribution in [0.1, 0.15) is 45.2 Å². The summed E-state index contributed by atoms with van der Waals surface area (Å²) in [5.74, 6) is -0.421.